The highest BCUT2D eigenvalue weighted by molar-refractivity contribution is 6.30. The van der Waals surface area contributed by atoms with E-state index in [0.717, 1.165) is 12.8 Å². The number of hydrogen-bond donors (Lipinski definition) is 3. The number of halogens is 4. The van der Waals surface area contributed by atoms with Crippen molar-refractivity contribution in [1.29, 1.82) is 0 Å². The number of carbonyl (C=O) groups is 1. The number of carboxylic acid groups (broad SMARTS) is 1. The molecule has 7 nitrogen and oxygen atoms in total. The van der Waals surface area contributed by atoms with Crippen molar-refractivity contribution in [3.8, 4) is 0 Å². The van der Waals surface area contributed by atoms with E-state index in [4.69, 9.17) is 26.2 Å². The SMILES string of the molecule is FC(F)(F)c1nc(Nc2cccc(Cl)c2)ncc1CNCC1CCOCC1.O=CO. The molecule has 1 aliphatic rings. The first-order chi connectivity index (χ1) is 14.3. The van der Waals surface area contributed by atoms with Gasteiger partial charge in [0.1, 0.15) is 0 Å². The van der Waals surface area contributed by atoms with Gasteiger partial charge in [-0.2, -0.15) is 13.2 Å². The zero-order valence-corrected chi connectivity index (χ0v) is 16.7. The quantitative estimate of drug-likeness (QED) is 0.574. The zero-order chi connectivity index (χ0) is 22.0. The molecule has 0 aliphatic carbocycles. The van der Waals surface area contributed by atoms with E-state index in [0.29, 0.717) is 36.4 Å². The highest BCUT2D eigenvalue weighted by atomic mass is 35.5. The van der Waals surface area contributed by atoms with E-state index in [9.17, 15) is 13.2 Å². The molecule has 2 heterocycles. The molecule has 0 spiro atoms. The van der Waals surface area contributed by atoms with Crippen molar-refractivity contribution in [3.63, 3.8) is 0 Å². The summed E-state index contributed by atoms with van der Waals surface area (Å²) in [5, 5.41) is 13.2. The second-order valence-corrected chi connectivity index (χ2v) is 6.93. The van der Waals surface area contributed by atoms with Crippen molar-refractivity contribution in [2.75, 3.05) is 25.1 Å². The van der Waals surface area contributed by atoms with Gasteiger partial charge >= 0.3 is 6.18 Å². The highest BCUT2D eigenvalue weighted by Gasteiger charge is 2.36. The summed E-state index contributed by atoms with van der Waals surface area (Å²) in [7, 11) is 0. The van der Waals surface area contributed by atoms with Crippen molar-refractivity contribution < 1.29 is 27.8 Å². The van der Waals surface area contributed by atoms with Crippen LogP contribution in [0.4, 0.5) is 24.8 Å². The van der Waals surface area contributed by atoms with Crippen LogP contribution in [0, 0.1) is 5.92 Å². The molecule has 164 valence electrons. The van der Waals surface area contributed by atoms with Gasteiger partial charge in [0.05, 0.1) is 0 Å². The smallest absolute Gasteiger partial charge is 0.433 e. The Morgan fingerprint density at radius 2 is 2.00 bits per heavy atom. The Morgan fingerprint density at radius 1 is 1.30 bits per heavy atom. The van der Waals surface area contributed by atoms with Crippen molar-refractivity contribution in [2.45, 2.75) is 25.6 Å². The number of aromatic nitrogens is 2. The van der Waals surface area contributed by atoms with E-state index in [2.05, 4.69) is 20.6 Å². The molecule has 2 aromatic rings. The third-order valence-corrected chi connectivity index (χ3v) is 4.54. The summed E-state index contributed by atoms with van der Waals surface area (Å²) in [5.74, 6) is 0.288. The van der Waals surface area contributed by atoms with E-state index in [1.165, 1.54) is 6.20 Å². The van der Waals surface area contributed by atoms with Gasteiger partial charge in [0.25, 0.3) is 6.47 Å². The Labute approximate surface area is 176 Å². The van der Waals surface area contributed by atoms with Crippen LogP contribution in [0.1, 0.15) is 24.1 Å². The van der Waals surface area contributed by atoms with Crippen molar-refractivity contribution in [1.82, 2.24) is 15.3 Å². The maximum Gasteiger partial charge on any atom is 0.433 e. The topological polar surface area (TPSA) is 96.4 Å². The van der Waals surface area contributed by atoms with E-state index in [-0.39, 0.29) is 24.5 Å². The standard InChI is InChI=1S/C18H20ClF3N4O.CH2O2/c19-14-2-1-3-15(8-14)25-17-24-11-13(16(26-17)18(20,21)22)10-23-9-12-4-6-27-7-5-12;2-1-3/h1-3,8,11-12,23H,4-7,9-10H2,(H,24,25,26);1H,(H,2,3). The molecule has 1 aromatic carbocycles. The van der Waals surface area contributed by atoms with E-state index < -0.39 is 11.9 Å². The molecular weight excluding hydrogens is 425 g/mol. The molecule has 3 N–H and O–H groups in total. The fourth-order valence-corrected chi connectivity index (χ4v) is 3.09. The maximum absolute atomic E-state index is 13.4. The average Bonchev–Trinajstić information content (AvgIpc) is 2.70. The number of nitrogens with zero attached hydrogens (tertiary/aromatic N) is 2. The summed E-state index contributed by atoms with van der Waals surface area (Å²) >= 11 is 5.88. The summed E-state index contributed by atoms with van der Waals surface area (Å²) in [4.78, 5) is 16.1. The number of benzene rings is 1. The lowest BCUT2D eigenvalue weighted by Crippen LogP contribution is -2.28. The summed E-state index contributed by atoms with van der Waals surface area (Å²) in [6.07, 6.45) is -1.53. The molecule has 1 aliphatic heterocycles. The van der Waals surface area contributed by atoms with Gasteiger partial charge < -0.3 is 20.5 Å². The molecule has 1 saturated heterocycles. The Balaban J connectivity index is 0.00000101. The molecule has 30 heavy (non-hydrogen) atoms. The van der Waals surface area contributed by atoms with Crippen molar-refractivity contribution in [3.05, 3.63) is 46.7 Å². The molecular formula is C19H22ClF3N4O3. The van der Waals surface area contributed by atoms with Gasteiger partial charge in [0.15, 0.2) is 5.69 Å². The number of alkyl halides is 3. The van der Waals surface area contributed by atoms with E-state index in [1.807, 2.05) is 0 Å². The molecule has 1 fully saturated rings. The summed E-state index contributed by atoms with van der Waals surface area (Å²) in [6, 6.07) is 6.61. The van der Waals surface area contributed by atoms with E-state index in [1.54, 1.807) is 24.3 Å². The highest BCUT2D eigenvalue weighted by Crippen LogP contribution is 2.31. The van der Waals surface area contributed by atoms with Gasteiger partial charge in [-0.15, -0.1) is 0 Å². The van der Waals surface area contributed by atoms with Crippen LogP contribution in [-0.4, -0.2) is 41.3 Å². The first kappa shape index (κ1) is 23.8. The third-order valence-electron chi connectivity index (χ3n) is 4.30. The minimum Gasteiger partial charge on any atom is -0.483 e. The monoisotopic (exact) mass is 446 g/mol. The van der Waals surface area contributed by atoms with Crippen LogP contribution in [0.2, 0.25) is 5.02 Å². The fraction of sp³-hybridized carbons (Fsp3) is 0.421. The maximum atomic E-state index is 13.4. The minimum absolute atomic E-state index is 0.0196. The molecule has 0 amide bonds. The second-order valence-electron chi connectivity index (χ2n) is 6.49. The third kappa shape index (κ3) is 7.77. The molecule has 11 heteroatoms. The average molecular weight is 447 g/mol. The lowest BCUT2D eigenvalue weighted by atomic mass is 10.0. The number of hydrogen-bond acceptors (Lipinski definition) is 6. The second kappa shape index (κ2) is 11.7. The Kier molecular flexibility index (Phi) is 9.28. The number of nitrogens with one attached hydrogen (secondary N) is 2. The fourth-order valence-electron chi connectivity index (χ4n) is 2.90. The van der Waals surface area contributed by atoms with Crippen LogP contribution >= 0.6 is 11.6 Å². The lowest BCUT2D eigenvalue weighted by Gasteiger charge is -2.22. The predicted molar refractivity (Wildman–Crippen MR) is 106 cm³/mol. The van der Waals surface area contributed by atoms with E-state index >= 15 is 0 Å². The van der Waals surface area contributed by atoms with Crippen molar-refractivity contribution >= 4 is 29.7 Å². The molecule has 1 aromatic heterocycles. The van der Waals surface area contributed by atoms with Crippen molar-refractivity contribution in [2.24, 2.45) is 5.92 Å². The van der Waals surface area contributed by atoms with Gasteiger partial charge in [0, 0.05) is 42.2 Å². The first-order valence-corrected chi connectivity index (χ1v) is 9.53. The van der Waals surface area contributed by atoms with Crippen LogP contribution in [0.15, 0.2) is 30.5 Å². The minimum atomic E-state index is -4.57. The van der Waals surface area contributed by atoms with Gasteiger partial charge in [0.2, 0.25) is 5.95 Å². The van der Waals surface area contributed by atoms with Gasteiger partial charge in [-0.25, -0.2) is 9.97 Å². The molecule has 3 rings (SSSR count). The lowest BCUT2D eigenvalue weighted by molar-refractivity contribution is -0.141. The normalized spacial score (nSPS) is 14.5. The van der Waals surface area contributed by atoms with Crippen LogP contribution in [-0.2, 0) is 22.3 Å². The Bertz CT molecular complexity index is 818. The predicted octanol–water partition coefficient (Wildman–Crippen LogP) is 4.11. The van der Waals surface area contributed by atoms with Crippen LogP contribution < -0.4 is 10.6 Å². The van der Waals surface area contributed by atoms with Crippen LogP contribution in [0.5, 0.6) is 0 Å². The Hall–Kier alpha value is -2.43. The number of anilines is 2. The molecule has 0 atom stereocenters. The molecule has 0 bridgehead atoms. The van der Waals surface area contributed by atoms with Gasteiger partial charge in [-0.3, -0.25) is 4.79 Å². The number of ether oxygens (including phenoxy) is 1. The largest absolute Gasteiger partial charge is 0.483 e. The molecule has 0 radical (unpaired) electrons. The summed E-state index contributed by atoms with van der Waals surface area (Å²) < 4.78 is 45.6. The Morgan fingerprint density at radius 3 is 2.63 bits per heavy atom. The molecule has 0 saturated carbocycles. The van der Waals surface area contributed by atoms with Gasteiger partial charge in [-0.1, -0.05) is 17.7 Å². The first-order valence-electron chi connectivity index (χ1n) is 9.15. The van der Waals surface area contributed by atoms with Crippen LogP contribution in [0.3, 0.4) is 0 Å². The zero-order valence-electron chi connectivity index (χ0n) is 16.0. The van der Waals surface area contributed by atoms with Gasteiger partial charge in [-0.05, 0) is 43.5 Å². The summed E-state index contributed by atoms with van der Waals surface area (Å²) in [5.41, 5.74) is -0.409. The number of rotatable bonds is 6. The van der Waals surface area contributed by atoms with Crippen LogP contribution in [0.25, 0.3) is 0 Å². The molecule has 0 unspecified atom stereocenters. The summed E-state index contributed by atoms with van der Waals surface area (Å²) in [6.45, 7) is 1.85.